The molecule has 2 aromatic heterocycles. The third-order valence-corrected chi connectivity index (χ3v) is 4.26. The fraction of sp³-hybridized carbons (Fsp3) is 0.235. The molecule has 0 spiro atoms. The monoisotopic (exact) mass is 344 g/mol. The van der Waals surface area contributed by atoms with E-state index < -0.39 is 0 Å². The maximum Gasteiger partial charge on any atom is 0.132 e. The average Bonchev–Trinajstić information content (AvgIpc) is 2.84. The number of fused-ring (bicyclic) bond motifs is 1. The molecule has 0 unspecified atom stereocenters. The minimum absolute atomic E-state index is 0.892. The third-order valence-electron chi connectivity index (χ3n) is 3.68. The molecule has 0 radical (unpaired) electrons. The molecule has 108 valence electrons. The number of nitrogens with zero attached hydrogens (tertiary/aromatic N) is 2. The molecule has 1 aromatic carbocycles. The summed E-state index contributed by atoms with van der Waals surface area (Å²) in [6.07, 6.45) is 1.87. The van der Waals surface area contributed by atoms with Crippen LogP contribution in [0.2, 0.25) is 0 Å². The Bertz CT molecular complexity index is 762. The van der Waals surface area contributed by atoms with Gasteiger partial charge in [0.1, 0.15) is 16.2 Å². The highest BCUT2D eigenvalue weighted by molar-refractivity contribution is 9.10. The standard InChI is InChI=1S/C17H17BrN2O/c1-12-4-3-5-15-17(18)19-16(20(12)15)11-8-13-6-9-14(21-2)10-7-13/h3-7,9-10H,8,11H2,1-2H3. The predicted molar refractivity (Wildman–Crippen MR) is 88.0 cm³/mol. The van der Waals surface area contributed by atoms with Crippen LogP contribution >= 0.6 is 15.9 Å². The lowest BCUT2D eigenvalue weighted by Gasteiger charge is -2.06. The largest absolute Gasteiger partial charge is 0.497 e. The van der Waals surface area contributed by atoms with E-state index in [1.165, 1.54) is 11.3 Å². The zero-order chi connectivity index (χ0) is 14.8. The predicted octanol–water partition coefficient (Wildman–Crippen LogP) is 4.20. The molecule has 0 atom stereocenters. The van der Waals surface area contributed by atoms with Crippen molar-refractivity contribution in [3.8, 4) is 5.75 Å². The van der Waals surface area contributed by atoms with E-state index in [-0.39, 0.29) is 0 Å². The zero-order valence-corrected chi connectivity index (χ0v) is 13.7. The van der Waals surface area contributed by atoms with Crippen LogP contribution in [-0.4, -0.2) is 16.5 Å². The van der Waals surface area contributed by atoms with E-state index in [0.717, 1.165) is 34.5 Å². The van der Waals surface area contributed by atoms with Gasteiger partial charge in [-0.05, 0) is 59.1 Å². The van der Waals surface area contributed by atoms with Crippen molar-refractivity contribution in [1.29, 1.82) is 0 Å². The zero-order valence-electron chi connectivity index (χ0n) is 12.1. The van der Waals surface area contributed by atoms with Crippen molar-refractivity contribution < 1.29 is 4.74 Å². The second kappa shape index (κ2) is 5.90. The molecule has 0 fully saturated rings. The molecule has 4 heteroatoms. The van der Waals surface area contributed by atoms with Crippen LogP contribution in [0, 0.1) is 6.92 Å². The SMILES string of the molecule is COc1ccc(CCc2nc(Br)c3cccc(C)n23)cc1. The third kappa shape index (κ3) is 2.81. The number of halogens is 1. The van der Waals surface area contributed by atoms with Crippen LogP contribution in [0.25, 0.3) is 5.52 Å². The fourth-order valence-electron chi connectivity index (χ4n) is 2.56. The van der Waals surface area contributed by atoms with Gasteiger partial charge in [-0.15, -0.1) is 0 Å². The highest BCUT2D eigenvalue weighted by atomic mass is 79.9. The molecule has 0 bridgehead atoms. The van der Waals surface area contributed by atoms with Gasteiger partial charge in [-0.3, -0.25) is 4.40 Å². The number of rotatable bonds is 4. The van der Waals surface area contributed by atoms with Gasteiger partial charge in [0.25, 0.3) is 0 Å². The Kier molecular flexibility index (Phi) is 3.97. The maximum atomic E-state index is 5.19. The lowest BCUT2D eigenvalue weighted by atomic mass is 10.1. The van der Waals surface area contributed by atoms with Crippen LogP contribution in [0.1, 0.15) is 17.1 Å². The molecule has 0 aliphatic rings. The highest BCUT2D eigenvalue weighted by Crippen LogP contribution is 2.22. The van der Waals surface area contributed by atoms with Crippen molar-refractivity contribution in [2.45, 2.75) is 19.8 Å². The Morgan fingerprint density at radius 3 is 2.57 bits per heavy atom. The molecule has 2 heterocycles. The summed E-state index contributed by atoms with van der Waals surface area (Å²) in [6.45, 7) is 2.11. The summed E-state index contributed by atoms with van der Waals surface area (Å²) < 4.78 is 8.31. The molecule has 21 heavy (non-hydrogen) atoms. The number of aryl methyl sites for hydroxylation is 3. The molecule has 0 aliphatic heterocycles. The van der Waals surface area contributed by atoms with Gasteiger partial charge in [0.15, 0.2) is 0 Å². The smallest absolute Gasteiger partial charge is 0.132 e. The molecule has 0 N–H and O–H groups in total. The van der Waals surface area contributed by atoms with Gasteiger partial charge >= 0.3 is 0 Å². The summed E-state index contributed by atoms with van der Waals surface area (Å²) in [5.41, 5.74) is 3.62. The van der Waals surface area contributed by atoms with Crippen molar-refractivity contribution in [3.63, 3.8) is 0 Å². The molecule has 3 aromatic rings. The normalized spacial score (nSPS) is 11.0. The fourth-order valence-corrected chi connectivity index (χ4v) is 3.07. The van der Waals surface area contributed by atoms with Gasteiger partial charge in [-0.1, -0.05) is 18.2 Å². The first-order valence-electron chi connectivity index (χ1n) is 6.94. The molecular formula is C17H17BrN2O. The Hall–Kier alpha value is -1.81. The number of methoxy groups -OCH3 is 1. The van der Waals surface area contributed by atoms with Gasteiger partial charge in [0, 0.05) is 12.1 Å². The summed E-state index contributed by atoms with van der Waals surface area (Å²) in [7, 11) is 1.69. The van der Waals surface area contributed by atoms with Crippen molar-refractivity contribution in [2.75, 3.05) is 7.11 Å². The van der Waals surface area contributed by atoms with E-state index in [9.17, 15) is 0 Å². The second-order valence-electron chi connectivity index (χ2n) is 5.05. The van der Waals surface area contributed by atoms with E-state index >= 15 is 0 Å². The van der Waals surface area contributed by atoms with E-state index in [2.05, 4.69) is 62.6 Å². The van der Waals surface area contributed by atoms with Crippen molar-refractivity contribution in [3.05, 3.63) is 64.1 Å². The molecule has 3 rings (SSSR count). The van der Waals surface area contributed by atoms with E-state index in [1.807, 2.05) is 12.1 Å². The molecule has 0 saturated heterocycles. The van der Waals surface area contributed by atoms with Crippen LogP contribution in [0.4, 0.5) is 0 Å². The van der Waals surface area contributed by atoms with Crippen LogP contribution in [0.5, 0.6) is 5.75 Å². The molecule has 3 nitrogen and oxygen atoms in total. The van der Waals surface area contributed by atoms with Crippen LogP contribution in [-0.2, 0) is 12.8 Å². The number of imidazole rings is 1. The maximum absolute atomic E-state index is 5.19. The van der Waals surface area contributed by atoms with Crippen LogP contribution in [0.3, 0.4) is 0 Å². The van der Waals surface area contributed by atoms with Gasteiger partial charge in [-0.25, -0.2) is 4.98 Å². The molecule has 0 aliphatic carbocycles. The van der Waals surface area contributed by atoms with Gasteiger partial charge in [-0.2, -0.15) is 0 Å². The number of hydrogen-bond acceptors (Lipinski definition) is 2. The minimum atomic E-state index is 0.892. The Labute approximate surface area is 132 Å². The van der Waals surface area contributed by atoms with Crippen molar-refractivity contribution in [2.24, 2.45) is 0 Å². The molecular weight excluding hydrogens is 328 g/mol. The Morgan fingerprint density at radius 1 is 1.10 bits per heavy atom. The molecule has 0 amide bonds. The number of benzene rings is 1. The lowest BCUT2D eigenvalue weighted by molar-refractivity contribution is 0.414. The van der Waals surface area contributed by atoms with Crippen molar-refractivity contribution >= 4 is 21.4 Å². The Balaban J connectivity index is 1.84. The lowest BCUT2D eigenvalue weighted by Crippen LogP contribution is -2.00. The first-order valence-corrected chi connectivity index (χ1v) is 7.73. The first-order chi connectivity index (χ1) is 10.2. The quantitative estimate of drug-likeness (QED) is 0.709. The molecule has 0 saturated carbocycles. The van der Waals surface area contributed by atoms with Gasteiger partial charge in [0.2, 0.25) is 0 Å². The van der Waals surface area contributed by atoms with Gasteiger partial charge < -0.3 is 4.74 Å². The number of ether oxygens (including phenoxy) is 1. The summed E-state index contributed by atoms with van der Waals surface area (Å²) in [4.78, 5) is 4.65. The van der Waals surface area contributed by atoms with E-state index in [1.54, 1.807) is 7.11 Å². The van der Waals surface area contributed by atoms with Crippen LogP contribution < -0.4 is 4.74 Å². The summed E-state index contributed by atoms with van der Waals surface area (Å²) in [5.74, 6) is 1.98. The average molecular weight is 345 g/mol. The highest BCUT2D eigenvalue weighted by Gasteiger charge is 2.10. The summed E-state index contributed by atoms with van der Waals surface area (Å²) >= 11 is 3.55. The van der Waals surface area contributed by atoms with Gasteiger partial charge in [0.05, 0.1) is 12.6 Å². The number of hydrogen-bond donors (Lipinski definition) is 0. The minimum Gasteiger partial charge on any atom is -0.497 e. The Morgan fingerprint density at radius 2 is 1.86 bits per heavy atom. The first kappa shape index (κ1) is 14.1. The van der Waals surface area contributed by atoms with Crippen LogP contribution in [0.15, 0.2) is 47.1 Å². The number of aromatic nitrogens is 2. The topological polar surface area (TPSA) is 26.5 Å². The van der Waals surface area contributed by atoms with E-state index in [0.29, 0.717) is 0 Å². The van der Waals surface area contributed by atoms with E-state index in [4.69, 9.17) is 4.74 Å². The summed E-state index contributed by atoms with van der Waals surface area (Å²) in [5, 5.41) is 0. The number of pyridine rings is 1. The second-order valence-corrected chi connectivity index (χ2v) is 5.81. The summed E-state index contributed by atoms with van der Waals surface area (Å²) in [6, 6.07) is 14.5. The van der Waals surface area contributed by atoms with Crippen molar-refractivity contribution in [1.82, 2.24) is 9.38 Å².